The Morgan fingerprint density at radius 3 is 2.75 bits per heavy atom. The molecular weight excluding hydrogens is 252 g/mol. The highest BCUT2D eigenvalue weighted by Crippen LogP contribution is 2.36. The molecule has 0 amide bonds. The molecule has 0 radical (unpaired) electrons. The highest BCUT2D eigenvalue weighted by molar-refractivity contribution is 5.99. The van der Waals surface area contributed by atoms with Crippen LogP contribution in [0.15, 0.2) is 48.1 Å². The minimum atomic E-state index is -0.945. The van der Waals surface area contributed by atoms with E-state index in [9.17, 15) is 9.59 Å². The highest BCUT2D eigenvalue weighted by atomic mass is 16.4. The molecule has 1 aromatic carbocycles. The van der Waals surface area contributed by atoms with E-state index >= 15 is 0 Å². The van der Waals surface area contributed by atoms with Gasteiger partial charge in [-0.2, -0.15) is 0 Å². The van der Waals surface area contributed by atoms with Crippen molar-refractivity contribution in [2.75, 3.05) is 0 Å². The summed E-state index contributed by atoms with van der Waals surface area (Å²) in [7, 11) is 0. The first-order valence-corrected chi connectivity index (χ1v) is 6.70. The Morgan fingerprint density at radius 1 is 1.35 bits per heavy atom. The van der Waals surface area contributed by atoms with Crippen molar-refractivity contribution in [2.45, 2.75) is 26.2 Å². The average molecular weight is 270 g/mol. The van der Waals surface area contributed by atoms with Crippen molar-refractivity contribution in [3.63, 3.8) is 0 Å². The second kappa shape index (κ2) is 5.87. The summed E-state index contributed by atoms with van der Waals surface area (Å²) < 4.78 is 0. The number of benzene rings is 1. The SMILES string of the molecule is CC(=C/C(=O)O)/C=C/C1c2ccccc2C(=O)CC1C. The van der Waals surface area contributed by atoms with Crippen molar-refractivity contribution in [3.8, 4) is 0 Å². The van der Waals surface area contributed by atoms with Gasteiger partial charge in [-0.3, -0.25) is 4.79 Å². The van der Waals surface area contributed by atoms with Crippen LogP contribution in [-0.4, -0.2) is 16.9 Å². The van der Waals surface area contributed by atoms with Gasteiger partial charge in [0.1, 0.15) is 0 Å². The summed E-state index contributed by atoms with van der Waals surface area (Å²) in [4.78, 5) is 22.6. The Hall–Kier alpha value is -2.16. The van der Waals surface area contributed by atoms with Gasteiger partial charge in [0.05, 0.1) is 0 Å². The van der Waals surface area contributed by atoms with Gasteiger partial charge in [-0.15, -0.1) is 0 Å². The maximum atomic E-state index is 12.0. The summed E-state index contributed by atoms with van der Waals surface area (Å²) in [6.45, 7) is 3.81. The molecule has 0 aliphatic heterocycles. The van der Waals surface area contributed by atoms with E-state index in [1.165, 1.54) is 6.08 Å². The summed E-state index contributed by atoms with van der Waals surface area (Å²) in [5.74, 6) is -0.373. The number of allylic oxidation sites excluding steroid dienone is 3. The van der Waals surface area contributed by atoms with Gasteiger partial charge in [0.15, 0.2) is 5.78 Å². The fourth-order valence-corrected chi connectivity index (χ4v) is 2.67. The normalized spacial score (nSPS) is 22.9. The summed E-state index contributed by atoms with van der Waals surface area (Å²) in [6, 6.07) is 7.66. The first-order valence-electron chi connectivity index (χ1n) is 6.70. The van der Waals surface area contributed by atoms with E-state index in [-0.39, 0.29) is 17.6 Å². The summed E-state index contributed by atoms with van der Waals surface area (Å²) in [5, 5.41) is 8.71. The van der Waals surface area contributed by atoms with E-state index in [0.29, 0.717) is 12.0 Å². The molecule has 0 spiro atoms. The molecule has 0 fully saturated rings. The van der Waals surface area contributed by atoms with Crippen molar-refractivity contribution in [1.29, 1.82) is 0 Å². The van der Waals surface area contributed by atoms with Gasteiger partial charge in [-0.1, -0.05) is 43.3 Å². The molecule has 0 saturated heterocycles. The first kappa shape index (κ1) is 14.3. The Labute approximate surface area is 118 Å². The lowest BCUT2D eigenvalue weighted by molar-refractivity contribution is -0.131. The highest BCUT2D eigenvalue weighted by Gasteiger charge is 2.29. The predicted octanol–water partition coefficient (Wildman–Crippen LogP) is 3.58. The number of hydrogen-bond donors (Lipinski definition) is 1. The van der Waals surface area contributed by atoms with Crippen LogP contribution in [-0.2, 0) is 4.79 Å². The van der Waals surface area contributed by atoms with Gasteiger partial charge in [0.25, 0.3) is 0 Å². The van der Waals surface area contributed by atoms with Gasteiger partial charge in [0.2, 0.25) is 0 Å². The number of carboxylic acids is 1. The van der Waals surface area contributed by atoms with Crippen LogP contribution < -0.4 is 0 Å². The first-order chi connectivity index (χ1) is 9.49. The summed E-state index contributed by atoms with van der Waals surface area (Å²) in [6.07, 6.45) is 5.54. The van der Waals surface area contributed by atoms with E-state index in [1.807, 2.05) is 36.4 Å². The number of Topliss-reactive ketones (excluding diaryl/α,β-unsaturated/α-hetero) is 1. The zero-order valence-electron chi connectivity index (χ0n) is 11.7. The molecule has 2 atom stereocenters. The lowest BCUT2D eigenvalue weighted by Gasteiger charge is -2.28. The number of carbonyl (C=O) groups is 2. The molecule has 20 heavy (non-hydrogen) atoms. The molecule has 1 N–H and O–H groups in total. The largest absolute Gasteiger partial charge is 0.478 e. The summed E-state index contributed by atoms with van der Waals surface area (Å²) in [5.41, 5.74) is 2.52. The van der Waals surface area contributed by atoms with Crippen LogP contribution in [0, 0.1) is 5.92 Å². The van der Waals surface area contributed by atoms with Crippen molar-refractivity contribution in [1.82, 2.24) is 0 Å². The Bertz CT molecular complexity index is 596. The fourth-order valence-electron chi connectivity index (χ4n) is 2.67. The van der Waals surface area contributed by atoms with Gasteiger partial charge in [-0.25, -0.2) is 4.79 Å². The lowest BCUT2D eigenvalue weighted by atomic mass is 9.75. The van der Waals surface area contributed by atoms with Gasteiger partial charge in [-0.05, 0) is 24.0 Å². The van der Waals surface area contributed by atoms with Crippen molar-refractivity contribution in [3.05, 3.63) is 59.2 Å². The van der Waals surface area contributed by atoms with Crippen LogP contribution in [0.3, 0.4) is 0 Å². The van der Waals surface area contributed by atoms with E-state index in [2.05, 4.69) is 6.92 Å². The minimum absolute atomic E-state index is 0.154. The van der Waals surface area contributed by atoms with E-state index in [4.69, 9.17) is 5.11 Å². The van der Waals surface area contributed by atoms with Gasteiger partial charge < -0.3 is 5.11 Å². The average Bonchev–Trinajstić information content (AvgIpc) is 2.37. The third-order valence-corrected chi connectivity index (χ3v) is 3.66. The van der Waals surface area contributed by atoms with Crippen LogP contribution in [0.1, 0.15) is 42.1 Å². The van der Waals surface area contributed by atoms with Crippen LogP contribution >= 0.6 is 0 Å². The number of ketones is 1. The van der Waals surface area contributed by atoms with Crippen LogP contribution in [0.2, 0.25) is 0 Å². The maximum absolute atomic E-state index is 12.0. The molecule has 1 aromatic rings. The summed E-state index contributed by atoms with van der Waals surface area (Å²) >= 11 is 0. The lowest BCUT2D eigenvalue weighted by Crippen LogP contribution is -2.22. The number of rotatable bonds is 3. The molecule has 0 heterocycles. The van der Waals surface area contributed by atoms with Crippen molar-refractivity contribution < 1.29 is 14.7 Å². The van der Waals surface area contributed by atoms with Gasteiger partial charge >= 0.3 is 5.97 Å². The number of aliphatic carboxylic acids is 1. The maximum Gasteiger partial charge on any atom is 0.328 e. The molecule has 3 heteroatoms. The van der Waals surface area contributed by atoms with Crippen molar-refractivity contribution in [2.24, 2.45) is 5.92 Å². The second-order valence-electron chi connectivity index (χ2n) is 5.30. The van der Waals surface area contributed by atoms with Crippen LogP contribution in [0.25, 0.3) is 0 Å². The number of carboxylic acid groups (broad SMARTS) is 1. The van der Waals surface area contributed by atoms with E-state index in [0.717, 1.165) is 11.1 Å². The number of fused-ring (bicyclic) bond motifs is 1. The molecule has 1 aliphatic rings. The van der Waals surface area contributed by atoms with E-state index < -0.39 is 5.97 Å². The second-order valence-corrected chi connectivity index (χ2v) is 5.30. The molecular formula is C17H18O3. The predicted molar refractivity (Wildman–Crippen MR) is 77.8 cm³/mol. The fraction of sp³-hybridized carbons (Fsp3) is 0.294. The smallest absolute Gasteiger partial charge is 0.328 e. The van der Waals surface area contributed by atoms with Crippen LogP contribution in [0.4, 0.5) is 0 Å². The third-order valence-electron chi connectivity index (χ3n) is 3.66. The van der Waals surface area contributed by atoms with Gasteiger partial charge in [0, 0.05) is 24.0 Å². The molecule has 1 aliphatic carbocycles. The van der Waals surface area contributed by atoms with E-state index in [1.54, 1.807) is 6.92 Å². The monoisotopic (exact) mass is 270 g/mol. The standard InChI is InChI=1S/C17H18O3/c1-11(9-17(19)20)7-8-13-12(2)10-16(18)15-6-4-3-5-14(13)15/h3-9,12-13H,10H2,1-2H3,(H,19,20)/b8-7+,11-9-. The Balaban J connectivity index is 2.32. The minimum Gasteiger partial charge on any atom is -0.478 e. The molecule has 0 bridgehead atoms. The molecule has 0 aromatic heterocycles. The van der Waals surface area contributed by atoms with Crippen LogP contribution in [0.5, 0.6) is 0 Å². The molecule has 2 rings (SSSR count). The molecule has 3 nitrogen and oxygen atoms in total. The number of hydrogen-bond acceptors (Lipinski definition) is 2. The van der Waals surface area contributed by atoms with Crippen molar-refractivity contribution >= 4 is 11.8 Å². The topological polar surface area (TPSA) is 54.4 Å². The molecule has 0 saturated carbocycles. The Kier molecular flexibility index (Phi) is 4.18. The zero-order chi connectivity index (χ0) is 14.7. The Morgan fingerprint density at radius 2 is 2.05 bits per heavy atom. The zero-order valence-corrected chi connectivity index (χ0v) is 11.7. The third kappa shape index (κ3) is 3.05. The molecule has 104 valence electrons. The number of carbonyl (C=O) groups excluding carboxylic acids is 1. The molecule has 2 unspecified atom stereocenters. The quantitative estimate of drug-likeness (QED) is 0.674.